The smallest absolute Gasteiger partial charge is 0.285 e. The Labute approximate surface area is 129 Å². The van der Waals surface area contributed by atoms with Crippen LogP contribution < -0.4 is 5.32 Å². The molecule has 21 heavy (non-hydrogen) atoms. The third-order valence-corrected chi connectivity index (χ3v) is 4.54. The van der Waals surface area contributed by atoms with Gasteiger partial charge in [-0.1, -0.05) is 29.8 Å². The summed E-state index contributed by atoms with van der Waals surface area (Å²) in [6, 6.07) is 0.963. The van der Waals surface area contributed by atoms with Crippen LogP contribution in [0.1, 0.15) is 37.0 Å². The van der Waals surface area contributed by atoms with Crippen molar-refractivity contribution in [1.29, 1.82) is 0 Å². The zero-order chi connectivity index (χ0) is 16.2. The van der Waals surface area contributed by atoms with Gasteiger partial charge >= 0.3 is 0 Å². The van der Waals surface area contributed by atoms with E-state index < -0.39 is 39.3 Å². The van der Waals surface area contributed by atoms with E-state index in [0.29, 0.717) is 30.3 Å². The molecular weight excluding hydrogens is 350 g/mol. The van der Waals surface area contributed by atoms with E-state index in [4.69, 9.17) is 0 Å². The minimum atomic E-state index is -1.36. The van der Waals surface area contributed by atoms with Gasteiger partial charge in [0, 0.05) is 10.9 Å². The average molecular weight is 365 g/mol. The monoisotopic (exact) mass is 364 g/mol. The number of hydrogen-bond acceptors (Lipinski definition) is 3. The van der Waals surface area contributed by atoms with Gasteiger partial charge in [-0.25, -0.2) is 8.78 Å². The molecule has 0 aliphatic carbocycles. The van der Waals surface area contributed by atoms with E-state index in [-0.39, 0.29) is 0 Å². The lowest BCUT2D eigenvalue weighted by atomic mass is 9.95. The Morgan fingerprint density at radius 2 is 1.86 bits per heavy atom. The number of rotatable bonds is 6. The molecule has 0 saturated heterocycles. The fourth-order valence-electron chi connectivity index (χ4n) is 1.83. The third kappa shape index (κ3) is 3.75. The van der Waals surface area contributed by atoms with E-state index in [1.165, 1.54) is 0 Å². The molecule has 1 N–H and O–H groups in total. The molecule has 116 valence electrons. The molecule has 0 saturated carbocycles. The quantitative estimate of drug-likeness (QED) is 0.476. The number of carbonyl (C=O) groups is 1. The number of alkyl halides is 1. The molecule has 0 bridgehead atoms. The van der Waals surface area contributed by atoms with E-state index in [2.05, 4.69) is 21.2 Å². The predicted octanol–water partition coefficient (Wildman–Crippen LogP) is 3.56. The van der Waals surface area contributed by atoms with Crippen LogP contribution in [-0.2, 0) is 0 Å². The first-order valence-corrected chi connectivity index (χ1v) is 7.44. The molecule has 0 aromatic heterocycles. The minimum absolute atomic E-state index is 0.415. The maximum Gasteiger partial charge on any atom is 0.285 e. The Morgan fingerprint density at radius 3 is 2.29 bits per heavy atom. The largest absolute Gasteiger partial charge is 0.346 e. The number of benzene rings is 1. The van der Waals surface area contributed by atoms with E-state index >= 15 is 0 Å². The zero-order valence-electron chi connectivity index (χ0n) is 11.6. The fourth-order valence-corrected chi connectivity index (χ4v) is 2.76. The van der Waals surface area contributed by atoms with Gasteiger partial charge < -0.3 is 5.32 Å². The summed E-state index contributed by atoms with van der Waals surface area (Å²) in [6.45, 7) is 3.70. The van der Waals surface area contributed by atoms with Crippen LogP contribution in [0.25, 0.3) is 0 Å². The number of nitrogens with zero attached hydrogens (tertiary/aromatic N) is 1. The molecule has 1 aromatic rings. The van der Waals surface area contributed by atoms with Crippen LogP contribution in [0.5, 0.6) is 0 Å². The first-order valence-electron chi connectivity index (χ1n) is 6.32. The maximum atomic E-state index is 13.3. The van der Waals surface area contributed by atoms with E-state index in [1.54, 1.807) is 0 Å². The maximum absolute atomic E-state index is 13.3. The lowest BCUT2D eigenvalue weighted by molar-refractivity contribution is -0.385. The number of carbonyl (C=O) groups excluding carboxylic acids is 1. The van der Waals surface area contributed by atoms with Crippen molar-refractivity contribution in [3.8, 4) is 0 Å². The van der Waals surface area contributed by atoms with Crippen molar-refractivity contribution in [1.82, 2.24) is 5.32 Å². The molecule has 0 aliphatic rings. The molecule has 8 heteroatoms. The molecule has 0 unspecified atom stereocenters. The summed E-state index contributed by atoms with van der Waals surface area (Å²) in [5, 5.41) is 14.0. The van der Waals surface area contributed by atoms with Gasteiger partial charge in [0.05, 0.1) is 11.0 Å². The number of nitro benzene ring substituents is 1. The Balaban J connectivity index is 3.24. The highest BCUT2D eigenvalue weighted by atomic mass is 79.9. The van der Waals surface area contributed by atoms with Crippen LogP contribution >= 0.6 is 15.9 Å². The first-order chi connectivity index (χ1) is 9.80. The van der Waals surface area contributed by atoms with Crippen molar-refractivity contribution >= 4 is 27.5 Å². The van der Waals surface area contributed by atoms with Gasteiger partial charge in [0.2, 0.25) is 0 Å². The predicted molar refractivity (Wildman–Crippen MR) is 77.6 cm³/mol. The van der Waals surface area contributed by atoms with Crippen molar-refractivity contribution in [2.24, 2.45) is 0 Å². The Hall–Kier alpha value is -1.57. The standard InChI is InChI=1S/C13H15BrF2N2O3/c1-3-13(4-2,7-14)17-12(19)8-5-9(15)10(16)6-11(8)18(20)21/h5-6H,3-4,7H2,1-2H3,(H,17,19). The van der Waals surface area contributed by atoms with Crippen molar-refractivity contribution in [3.05, 3.63) is 39.4 Å². The minimum Gasteiger partial charge on any atom is -0.346 e. The number of nitrogens with one attached hydrogen (secondary N) is 1. The van der Waals surface area contributed by atoms with Crippen LogP contribution in [0, 0.1) is 21.7 Å². The van der Waals surface area contributed by atoms with Gasteiger partial charge in [0.1, 0.15) is 5.56 Å². The lowest BCUT2D eigenvalue weighted by Gasteiger charge is -2.30. The van der Waals surface area contributed by atoms with Crippen molar-refractivity contribution in [2.75, 3.05) is 5.33 Å². The molecule has 0 fully saturated rings. The van der Waals surface area contributed by atoms with E-state index in [9.17, 15) is 23.7 Å². The van der Waals surface area contributed by atoms with Crippen molar-refractivity contribution < 1.29 is 18.5 Å². The van der Waals surface area contributed by atoms with Crippen LogP contribution in [-0.4, -0.2) is 21.7 Å². The van der Waals surface area contributed by atoms with Gasteiger partial charge in [-0.15, -0.1) is 0 Å². The summed E-state index contributed by atoms with van der Waals surface area (Å²) >= 11 is 3.29. The van der Waals surface area contributed by atoms with Gasteiger partial charge in [-0.3, -0.25) is 14.9 Å². The molecule has 0 spiro atoms. The molecule has 1 amide bonds. The normalized spacial score (nSPS) is 11.3. The second-order valence-corrected chi connectivity index (χ2v) is 5.18. The lowest BCUT2D eigenvalue weighted by Crippen LogP contribution is -2.49. The highest BCUT2D eigenvalue weighted by Gasteiger charge is 2.31. The summed E-state index contributed by atoms with van der Waals surface area (Å²) in [4.78, 5) is 22.2. The molecule has 1 rings (SSSR count). The molecule has 5 nitrogen and oxygen atoms in total. The van der Waals surface area contributed by atoms with E-state index in [0.717, 1.165) is 0 Å². The Kier molecular flexibility index (Phi) is 5.77. The second kappa shape index (κ2) is 6.93. The van der Waals surface area contributed by atoms with Crippen LogP contribution in [0.3, 0.4) is 0 Å². The summed E-state index contributed by atoms with van der Waals surface area (Å²) in [6.07, 6.45) is 1.16. The second-order valence-electron chi connectivity index (χ2n) is 4.62. The summed E-state index contributed by atoms with van der Waals surface area (Å²) in [5.74, 6) is -3.47. The molecule has 0 radical (unpaired) electrons. The number of hydrogen-bond donors (Lipinski definition) is 1. The number of halogens is 3. The van der Waals surface area contributed by atoms with Gasteiger partial charge in [0.15, 0.2) is 11.6 Å². The first kappa shape index (κ1) is 17.5. The van der Waals surface area contributed by atoms with Crippen molar-refractivity contribution in [2.45, 2.75) is 32.2 Å². The average Bonchev–Trinajstić information content (AvgIpc) is 2.46. The third-order valence-electron chi connectivity index (χ3n) is 3.47. The summed E-state index contributed by atoms with van der Waals surface area (Å²) in [7, 11) is 0. The Bertz CT molecular complexity index is 554. The highest BCUT2D eigenvalue weighted by molar-refractivity contribution is 9.09. The van der Waals surface area contributed by atoms with Crippen LogP contribution in [0.4, 0.5) is 14.5 Å². The van der Waals surface area contributed by atoms with E-state index in [1.807, 2.05) is 13.8 Å². The summed E-state index contributed by atoms with van der Waals surface area (Å²) < 4.78 is 26.4. The van der Waals surface area contributed by atoms with Crippen LogP contribution in [0.15, 0.2) is 12.1 Å². The number of amides is 1. The van der Waals surface area contributed by atoms with Gasteiger partial charge in [-0.05, 0) is 18.9 Å². The molecular formula is C13H15BrF2N2O3. The fraction of sp³-hybridized carbons (Fsp3) is 0.462. The number of nitro groups is 1. The topological polar surface area (TPSA) is 72.2 Å². The molecule has 0 atom stereocenters. The highest BCUT2D eigenvalue weighted by Crippen LogP contribution is 2.25. The SMILES string of the molecule is CCC(CC)(CBr)NC(=O)c1cc(F)c(F)cc1[N+](=O)[O-]. The molecule has 0 heterocycles. The zero-order valence-corrected chi connectivity index (χ0v) is 13.2. The van der Waals surface area contributed by atoms with Gasteiger partial charge in [-0.2, -0.15) is 0 Å². The van der Waals surface area contributed by atoms with Crippen LogP contribution in [0.2, 0.25) is 0 Å². The van der Waals surface area contributed by atoms with Crippen molar-refractivity contribution in [3.63, 3.8) is 0 Å². The molecule has 1 aromatic carbocycles. The Morgan fingerprint density at radius 1 is 1.33 bits per heavy atom. The summed E-state index contributed by atoms with van der Waals surface area (Å²) in [5.41, 5.74) is -1.86. The van der Waals surface area contributed by atoms with Gasteiger partial charge in [0.25, 0.3) is 11.6 Å². The molecule has 0 aliphatic heterocycles.